The monoisotopic (exact) mass is 482 g/mol. The van der Waals surface area contributed by atoms with Crippen LogP contribution in [0.15, 0.2) is 41.5 Å². The topological polar surface area (TPSA) is 81.8 Å². The quantitative estimate of drug-likeness (QED) is 0.283. The first-order valence-corrected chi connectivity index (χ1v) is 7.49. The van der Waals surface area contributed by atoms with Gasteiger partial charge in [-0.25, -0.2) is 9.98 Å². The highest BCUT2D eigenvalue weighted by molar-refractivity contribution is 14.0. The third-order valence-electron chi connectivity index (χ3n) is 2.76. The van der Waals surface area contributed by atoms with Gasteiger partial charge in [0.05, 0.1) is 18.7 Å². The fraction of sp³-hybridized carbons (Fsp3) is 0.200. The van der Waals surface area contributed by atoms with E-state index < -0.39 is 0 Å². The molecule has 2 rings (SSSR count). The standard InChI is InChI=1S/C15H16Cl2N4O2.HI/c1-22-13-5-4-10(9-12(13)17)21-15(18)20-7-8-23-14-11(16)3-2-6-19-14;/h2-6,9H,7-8H2,1H3,(H3,18,20,21);1H. The molecule has 0 unspecified atom stereocenters. The van der Waals surface area contributed by atoms with Gasteiger partial charge >= 0.3 is 0 Å². The Morgan fingerprint density at radius 3 is 2.75 bits per heavy atom. The number of aliphatic imine (C=N–C) groups is 1. The van der Waals surface area contributed by atoms with Crippen LogP contribution in [0.1, 0.15) is 0 Å². The number of rotatable bonds is 6. The van der Waals surface area contributed by atoms with Gasteiger partial charge in [0.25, 0.3) is 0 Å². The molecule has 0 bridgehead atoms. The highest BCUT2D eigenvalue weighted by Gasteiger charge is 2.03. The van der Waals surface area contributed by atoms with Crippen LogP contribution >= 0.6 is 47.2 Å². The number of aromatic nitrogens is 1. The van der Waals surface area contributed by atoms with Crippen LogP contribution in [0.5, 0.6) is 11.6 Å². The average molecular weight is 483 g/mol. The molecule has 1 aromatic carbocycles. The van der Waals surface area contributed by atoms with Gasteiger partial charge in [-0.2, -0.15) is 0 Å². The molecular formula is C15H17Cl2IN4O2. The minimum absolute atomic E-state index is 0. The number of nitrogens with one attached hydrogen (secondary N) is 1. The molecule has 0 aliphatic rings. The van der Waals surface area contributed by atoms with E-state index in [0.29, 0.717) is 40.5 Å². The van der Waals surface area contributed by atoms with Crippen molar-refractivity contribution >= 4 is 58.8 Å². The Morgan fingerprint density at radius 1 is 1.29 bits per heavy atom. The summed E-state index contributed by atoms with van der Waals surface area (Å²) >= 11 is 12.0. The van der Waals surface area contributed by atoms with Crippen molar-refractivity contribution in [3.8, 4) is 11.6 Å². The average Bonchev–Trinajstić information content (AvgIpc) is 2.53. The van der Waals surface area contributed by atoms with E-state index in [-0.39, 0.29) is 29.9 Å². The molecule has 9 heteroatoms. The molecule has 0 atom stereocenters. The molecule has 130 valence electrons. The maximum absolute atomic E-state index is 6.04. The number of anilines is 1. The van der Waals surface area contributed by atoms with Gasteiger partial charge in [0.1, 0.15) is 17.4 Å². The van der Waals surface area contributed by atoms with Crippen LogP contribution in [0.3, 0.4) is 0 Å². The second-order valence-corrected chi connectivity index (χ2v) is 5.19. The lowest BCUT2D eigenvalue weighted by molar-refractivity contribution is 0.316. The molecule has 0 radical (unpaired) electrons. The molecule has 6 nitrogen and oxygen atoms in total. The number of methoxy groups -OCH3 is 1. The fourth-order valence-electron chi connectivity index (χ4n) is 1.72. The summed E-state index contributed by atoms with van der Waals surface area (Å²) in [7, 11) is 1.55. The molecule has 0 fully saturated rings. The Balaban J connectivity index is 0.00000288. The van der Waals surface area contributed by atoms with Crippen molar-refractivity contribution in [1.29, 1.82) is 0 Å². The summed E-state index contributed by atoms with van der Waals surface area (Å²) in [6.07, 6.45) is 1.60. The van der Waals surface area contributed by atoms with E-state index >= 15 is 0 Å². The third-order valence-corrected chi connectivity index (χ3v) is 3.34. The molecule has 1 aromatic heterocycles. The van der Waals surface area contributed by atoms with E-state index in [4.69, 9.17) is 38.4 Å². The van der Waals surface area contributed by atoms with E-state index in [1.54, 1.807) is 43.6 Å². The van der Waals surface area contributed by atoms with E-state index in [1.807, 2.05) is 0 Å². The van der Waals surface area contributed by atoms with E-state index in [1.165, 1.54) is 0 Å². The van der Waals surface area contributed by atoms with Gasteiger partial charge < -0.3 is 20.5 Å². The van der Waals surface area contributed by atoms with E-state index in [9.17, 15) is 0 Å². The van der Waals surface area contributed by atoms with Crippen LogP contribution < -0.4 is 20.5 Å². The van der Waals surface area contributed by atoms with E-state index in [2.05, 4.69) is 15.3 Å². The van der Waals surface area contributed by atoms with Crippen molar-refractivity contribution in [2.45, 2.75) is 0 Å². The molecule has 0 aliphatic heterocycles. The Bertz CT molecular complexity index is 701. The Kier molecular flexibility index (Phi) is 8.94. The van der Waals surface area contributed by atoms with Gasteiger partial charge in [-0.3, -0.25) is 0 Å². The second-order valence-electron chi connectivity index (χ2n) is 4.38. The van der Waals surface area contributed by atoms with Crippen molar-refractivity contribution in [3.05, 3.63) is 46.6 Å². The van der Waals surface area contributed by atoms with Crippen LogP contribution in [0.4, 0.5) is 5.69 Å². The normalized spacial score (nSPS) is 10.7. The van der Waals surface area contributed by atoms with Gasteiger partial charge in [-0.1, -0.05) is 23.2 Å². The highest BCUT2D eigenvalue weighted by Crippen LogP contribution is 2.27. The zero-order valence-electron chi connectivity index (χ0n) is 12.8. The number of benzene rings is 1. The van der Waals surface area contributed by atoms with Gasteiger partial charge in [-0.15, -0.1) is 24.0 Å². The van der Waals surface area contributed by atoms with Gasteiger partial charge in [0.15, 0.2) is 5.96 Å². The van der Waals surface area contributed by atoms with Gasteiger partial charge in [0, 0.05) is 11.9 Å². The Hall–Kier alpha value is -1.45. The van der Waals surface area contributed by atoms with Crippen molar-refractivity contribution in [1.82, 2.24) is 4.98 Å². The molecular weight excluding hydrogens is 466 g/mol. The minimum atomic E-state index is 0. The molecule has 0 spiro atoms. The lowest BCUT2D eigenvalue weighted by atomic mass is 10.3. The number of nitrogens with zero attached hydrogens (tertiary/aromatic N) is 2. The summed E-state index contributed by atoms with van der Waals surface area (Å²) in [5.41, 5.74) is 6.52. The lowest BCUT2D eigenvalue weighted by Crippen LogP contribution is -2.23. The molecule has 2 aromatic rings. The number of halogens is 3. The molecule has 0 saturated carbocycles. The summed E-state index contributed by atoms with van der Waals surface area (Å²) in [5, 5.41) is 3.87. The predicted molar refractivity (Wildman–Crippen MR) is 108 cm³/mol. The van der Waals surface area contributed by atoms with Crippen molar-refractivity contribution in [2.24, 2.45) is 10.7 Å². The number of ether oxygens (including phenoxy) is 2. The number of pyridine rings is 1. The zero-order valence-corrected chi connectivity index (χ0v) is 16.7. The Morgan fingerprint density at radius 2 is 2.08 bits per heavy atom. The predicted octanol–water partition coefficient (Wildman–Crippen LogP) is 3.82. The lowest BCUT2D eigenvalue weighted by Gasteiger charge is -2.09. The number of nitrogens with two attached hydrogens (primary N) is 1. The van der Waals surface area contributed by atoms with Crippen molar-refractivity contribution in [2.75, 3.05) is 25.6 Å². The molecule has 0 aliphatic carbocycles. The van der Waals surface area contributed by atoms with Crippen LogP contribution in [0.25, 0.3) is 0 Å². The smallest absolute Gasteiger partial charge is 0.232 e. The maximum Gasteiger partial charge on any atom is 0.232 e. The van der Waals surface area contributed by atoms with Crippen molar-refractivity contribution in [3.63, 3.8) is 0 Å². The molecule has 24 heavy (non-hydrogen) atoms. The number of guanidine groups is 1. The first-order valence-electron chi connectivity index (χ1n) is 6.74. The molecule has 1 heterocycles. The highest BCUT2D eigenvalue weighted by atomic mass is 127. The van der Waals surface area contributed by atoms with Gasteiger partial charge in [0.2, 0.25) is 5.88 Å². The summed E-state index contributed by atoms with van der Waals surface area (Å²) in [6, 6.07) is 8.67. The zero-order chi connectivity index (χ0) is 16.7. The minimum Gasteiger partial charge on any atom is -0.495 e. The van der Waals surface area contributed by atoms with Crippen LogP contribution in [-0.4, -0.2) is 31.2 Å². The fourth-order valence-corrected chi connectivity index (χ4v) is 2.15. The molecule has 3 N–H and O–H groups in total. The first kappa shape index (κ1) is 20.6. The number of hydrogen-bond acceptors (Lipinski definition) is 4. The molecule has 0 amide bonds. The first-order chi connectivity index (χ1) is 11.1. The van der Waals surface area contributed by atoms with Crippen molar-refractivity contribution < 1.29 is 9.47 Å². The summed E-state index contributed by atoms with van der Waals surface area (Å²) in [5.74, 6) is 1.22. The Labute approximate surface area is 167 Å². The van der Waals surface area contributed by atoms with Crippen LogP contribution in [0.2, 0.25) is 10.0 Å². The maximum atomic E-state index is 6.04. The van der Waals surface area contributed by atoms with Gasteiger partial charge in [-0.05, 0) is 30.3 Å². The number of hydrogen-bond donors (Lipinski definition) is 2. The van der Waals surface area contributed by atoms with Crippen LogP contribution in [0, 0.1) is 0 Å². The summed E-state index contributed by atoms with van der Waals surface area (Å²) in [4.78, 5) is 8.16. The molecule has 0 saturated heterocycles. The summed E-state index contributed by atoms with van der Waals surface area (Å²) in [6.45, 7) is 0.665. The van der Waals surface area contributed by atoms with E-state index in [0.717, 1.165) is 0 Å². The summed E-state index contributed by atoms with van der Waals surface area (Å²) < 4.78 is 10.5. The largest absolute Gasteiger partial charge is 0.495 e. The van der Waals surface area contributed by atoms with Crippen LogP contribution in [-0.2, 0) is 0 Å². The SMILES string of the molecule is COc1ccc(NC(N)=NCCOc2ncccc2Cl)cc1Cl.I. The second kappa shape index (κ2) is 10.4. The third kappa shape index (κ3) is 6.21.